The van der Waals surface area contributed by atoms with Crippen molar-refractivity contribution in [3.05, 3.63) is 224 Å². The quantitative estimate of drug-likeness (QED) is 0.162. The summed E-state index contributed by atoms with van der Waals surface area (Å²) < 4.78 is 4.72. The third-order valence-corrected chi connectivity index (χ3v) is 12.0. The van der Waals surface area contributed by atoms with E-state index in [9.17, 15) is 0 Å². The fraction of sp³-hybridized carbons (Fsp3) is 0. The minimum atomic E-state index is 0.565. The molecule has 0 radical (unpaired) electrons. The van der Waals surface area contributed by atoms with E-state index in [2.05, 4.69) is 197 Å². The highest BCUT2D eigenvalue weighted by Crippen LogP contribution is 2.44. The second-order valence-corrected chi connectivity index (χ2v) is 15.6. The van der Waals surface area contributed by atoms with Crippen LogP contribution in [0.15, 0.2) is 224 Å². The first kappa shape index (κ1) is 35.5. The van der Waals surface area contributed by atoms with Crippen molar-refractivity contribution in [1.82, 2.24) is 24.1 Å². The summed E-state index contributed by atoms with van der Waals surface area (Å²) in [5.74, 6) is 1.81. The molecule has 12 rings (SSSR count). The maximum Gasteiger partial charge on any atom is 0.238 e. The van der Waals surface area contributed by atoms with Crippen LogP contribution < -0.4 is 0 Å². The van der Waals surface area contributed by atoms with Gasteiger partial charge in [-0.2, -0.15) is 9.97 Å². The number of benzene rings is 9. The molecule has 3 heterocycles. The molecule has 62 heavy (non-hydrogen) atoms. The molecule has 0 saturated carbocycles. The van der Waals surface area contributed by atoms with Crippen LogP contribution in [0, 0.1) is 0 Å². The van der Waals surface area contributed by atoms with Crippen LogP contribution >= 0.6 is 0 Å². The first-order valence-corrected chi connectivity index (χ1v) is 21.0. The van der Waals surface area contributed by atoms with Crippen LogP contribution in [0.1, 0.15) is 0 Å². The Kier molecular flexibility index (Phi) is 8.42. The maximum atomic E-state index is 5.24. The van der Waals surface area contributed by atoms with Crippen LogP contribution in [0.5, 0.6) is 0 Å². The summed E-state index contributed by atoms with van der Waals surface area (Å²) in [6.45, 7) is 0. The van der Waals surface area contributed by atoms with E-state index in [-0.39, 0.29) is 0 Å². The SMILES string of the molecule is c1ccc(-c2cccc(-c3ccc(-c4ccccc4)cc3-n3c4ccccc4c4ccc5c(c6ccccc6n5-c5nc(-c6ccccc6)nc(-c6ccccc6)n5)c43)c2)cc1. The number of rotatable bonds is 7. The normalized spacial score (nSPS) is 11.5. The molecule has 9 aromatic carbocycles. The predicted molar refractivity (Wildman–Crippen MR) is 256 cm³/mol. The number of nitrogens with zero attached hydrogens (tertiary/aromatic N) is 5. The van der Waals surface area contributed by atoms with E-state index in [0.717, 1.165) is 66.3 Å². The Bertz CT molecular complexity index is 3550. The number of aromatic nitrogens is 5. The molecule has 0 spiro atoms. The Morgan fingerprint density at radius 3 is 1.42 bits per heavy atom. The van der Waals surface area contributed by atoms with Gasteiger partial charge in [-0.1, -0.05) is 194 Å². The third kappa shape index (κ3) is 5.90. The lowest BCUT2D eigenvalue weighted by molar-refractivity contribution is 0.953. The minimum absolute atomic E-state index is 0.565. The molecule has 0 N–H and O–H groups in total. The average Bonchev–Trinajstić information content (AvgIpc) is 3.88. The number of fused-ring (bicyclic) bond motifs is 7. The van der Waals surface area contributed by atoms with Crippen molar-refractivity contribution >= 4 is 43.6 Å². The van der Waals surface area contributed by atoms with Gasteiger partial charge in [0.15, 0.2) is 11.6 Å². The molecule has 5 nitrogen and oxygen atoms in total. The number of hydrogen-bond donors (Lipinski definition) is 0. The summed E-state index contributed by atoms with van der Waals surface area (Å²) >= 11 is 0. The second-order valence-electron chi connectivity index (χ2n) is 15.6. The highest BCUT2D eigenvalue weighted by Gasteiger charge is 2.24. The summed E-state index contributed by atoms with van der Waals surface area (Å²) in [5, 5.41) is 4.61. The second kappa shape index (κ2) is 14.7. The van der Waals surface area contributed by atoms with Crippen molar-refractivity contribution in [2.24, 2.45) is 0 Å². The molecule has 0 aliphatic carbocycles. The molecular formula is C57H37N5. The van der Waals surface area contributed by atoms with Gasteiger partial charge in [-0.3, -0.25) is 4.57 Å². The van der Waals surface area contributed by atoms with Crippen molar-refractivity contribution < 1.29 is 0 Å². The fourth-order valence-corrected chi connectivity index (χ4v) is 9.14. The molecule has 0 fully saturated rings. The van der Waals surface area contributed by atoms with Gasteiger partial charge < -0.3 is 4.57 Å². The van der Waals surface area contributed by atoms with E-state index in [4.69, 9.17) is 15.0 Å². The Morgan fingerprint density at radius 2 is 0.790 bits per heavy atom. The van der Waals surface area contributed by atoms with Gasteiger partial charge in [-0.05, 0) is 58.1 Å². The van der Waals surface area contributed by atoms with Crippen molar-refractivity contribution in [2.45, 2.75) is 0 Å². The number of hydrogen-bond acceptors (Lipinski definition) is 3. The van der Waals surface area contributed by atoms with Crippen LogP contribution in [0.2, 0.25) is 0 Å². The number of para-hydroxylation sites is 2. The van der Waals surface area contributed by atoms with E-state index in [1.54, 1.807) is 0 Å². The average molecular weight is 792 g/mol. The van der Waals surface area contributed by atoms with E-state index in [1.807, 2.05) is 36.4 Å². The van der Waals surface area contributed by atoms with Gasteiger partial charge in [0.05, 0.1) is 27.8 Å². The van der Waals surface area contributed by atoms with Crippen molar-refractivity contribution in [1.29, 1.82) is 0 Å². The minimum Gasteiger partial charge on any atom is -0.308 e. The lowest BCUT2D eigenvalue weighted by atomic mass is 9.95. The first-order chi connectivity index (χ1) is 30.8. The van der Waals surface area contributed by atoms with E-state index in [0.29, 0.717) is 17.6 Å². The molecule has 5 heteroatoms. The molecule has 3 aromatic heterocycles. The van der Waals surface area contributed by atoms with Crippen molar-refractivity contribution in [2.75, 3.05) is 0 Å². The van der Waals surface area contributed by atoms with Gasteiger partial charge in [-0.15, -0.1) is 0 Å². The molecule has 0 atom stereocenters. The lowest BCUT2D eigenvalue weighted by Gasteiger charge is -2.17. The van der Waals surface area contributed by atoms with E-state index in [1.165, 1.54) is 27.5 Å². The molecule has 0 bridgehead atoms. The fourth-order valence-electron chi connectivity index (χ4n) is 9.14. The molecule has 12 aromatic rings. The highest BCUT2D eigenvalue weighted by atomic mass is 15.2. The summed E-state index contributed by atoms with van der Waals surface area (Å²) in [4.78, 5) is 15.5. The standard InChI is InChI=1S/C57H37N5/c1-5-18-38(19-6-1)42-26-17-27-44(36-42)45-33-32-43(39-20-7-2-8-21-39)37-52(45)61-49-30-15-13-28-46(49)47-34-35-51-53(54(47)61)48-29-14-16-31-50(48)62(51)57-59-55(40-22-9-3-10-23-40)58-56(60-57)41-24-11-4-12-25-41/h1-37H. The van der Waals surface area contributed by atoms with Gasteiger partial charge in [0.1, 0.15) is 0 Å². The van der Waals surface area contributed by atoms with Crippen molar-refractivity contribution in [3.8, 4) is 67.8 Å². The molecule has 290 valence electrons. The maximum absolute atomic E-state index is 5.24. The first-order valence-electron chi connectivity index (χ1n) is 21.0. The topological polar surface area (TPSA) is 48.5 Å². The molecule has 0 saturated heterocycles. The molecule has 0 aliphatic rings. The highest BCUT2D eigenvalue weighted by molar-refractivity contribution is 6.26. The summed E-state index contributed by atoms with van der Waals surface area (Å²) in [6, 6.07) is 79.5. The zero-order valence-corrected chi connectivity index (χ0v) is 33.6. The Balaban J connectivity index is 1.19. The molecule has 0 amide bonds. The summed E-state index contributed by atoms with van der Waals surface area (Å²) in [6.07, 6.45) is 0. The van der Waals surface area contributed by atoms with Gasteiger partial charge >= 0.3 is 0 Å². The summed E-state index contributed by atoms with van der Waals surface area (Å²) in [5.41, 5.74) is 14.2. The molecule has 0 unspecified atom stereocenters. The third-order valence-electron chi connectivity index (χ3n) is 12.0. The van der Waals surface area contributed by atoms with Crippen LogP contribution in [0.3, 0.4) is 0 Å². The van der Waals surface area contributed by atoms with E-state index < -0.39 is 0 Å². The van der Waals surface area contributed by atoms with Crippen LogP contribution in [0.4, 0.5) is 0 Å². The van der Waals surface area contributed by atoms with Crippen LogP contribution in [-0.4, -0.2) is 24.1 Å². The summed E-state index contributed by atoms with van der Waals surface area (Å²) in [7, 11) is 0. The van der Waals surface area contributed by atoms with Crippen LogP contribution in [0.25, 0.3) is 111 Å². The van der Waals surface area contributed by atoms with Gasteiger partial charge in [0.2, 0.25) is 5.95 Å². The lowest BCUT2D eigenvalue weighted by Crippen LogP contribution is -2.06. The Morgan fingerprint density at radius 1 is 0.290 bits per heavy atom. The molecular weight excluding hydrogens is 755 g/mol. The monoisotopic (exact) mass is 791 g/mol. The largest absolute Gasteiger partial charge is 0.308 e. The Labute approximate surface area is 358 Å². The van der Waals surface area contributed by atoms with Gasteiger partial charge in [0.25, 0.3) is 0 Å². The zero-order chi connectivity index (χ0) is 41.0. The Hall–Kier alpha value is -8.41. The van der Waals surface area contributed by atoms with E-state index >= 15 is 0 Å². The zero-order valence-electron chi connectivity index (χ0n) is 33.6. The smallest absolute Gasteiger partial charge is 0.238 e. The van der Waals surface area contributed by atoms with Gasteiger partial charge in [-0.25, -0.2) is 4.98 Å². The molecule has 0 aliphatic heterocycles. The van der Waals surface area contributed by atoms with Crippen molar-refractivity contribution in [3.63, 3.8) is 0 Å². The van der Waals surface area contributed by atoms with Crippen LogP contribution in [-0.2, 0) is 0 Å². The predicted octanol–water partition coefficient (Wildman–Crippen LogP) is 14.4. The van der Waals surface area contributed by atoms with Gasteiger partial charge in [0, 0.05) is 38.2 Å².